The summed E-state index contributed by atoms with van der Waals surface area (Å²) in [6.07, 6.45) is 66.7. The van der Waals surface area contributed by atoms with Crippen molar-refractivity contribution in [3.63, 3.8) is 0 Å². The van der Waals surface area contributed by atoms with Gasteiger partial charge in [0.05, 0.1) is 0 Å². The third kappa shape index (κ3) is 52.3. The van der Waals surface area contributed by atoms with Gasteiger partial charge < -0.3 is 14.2 Å². The second-order valence-corrected chi connectivity index (χ2v) is 19.2. The first-order chi connectivity index (χ1) is 32.5. The van der Waals surface area contributed by atoms with Gasteiger partial charge in [0, 0.05) is 19.3 Å². The fraction of sp³-hybridized carbons (Fsp3) is 0.817. The Labute approximate surface area is 409 Å². The van der Waals surface area contributed by atoms with Crippen LogP contribution in [0.1, 0.15) is 297 Å². The molecule has 0 aromatic heterocycles. The van der Waals surface area contributed by atoms with Gasteiger partial charge in [-0.2, -0.15) is 0 Å². The molecule has 0 rings (SSSR count). The van der Waals surface area contributed by atoms with E-state index >= 15 is 0 Å². The normalized spacial score (nSPS) is 12.3. The predicted octanol–water partition coefficient (Wildman–Crippen LogP) is 19.0. The summed E-state index contributed by atoms with van der Waals surface area (Å²) in [5.41, 5.74) is 0. The predicted molar refractivity (Wildman–Crippen MR) is 284 cm³/mol. The smallest absolute Gasteiger partial charge is 0.306 e. The summed E-state index contributed by atoms with van der Waals surface area (Å²) in [7, 11) is 0. The lowest BCUT2D eigenvalue weighted by molar-refractivity contribution is -0.167. The lowest BCUT2D eigenvalue weighted by Gasteiger charge is -2.18. The molecule has 0 heterocycles. The molecule has 0 aliphatic carbocycles. The van der Waals surface area contributed by atoms with Crippen LogP contribution in [0.25, 0.3) is 0 Å². The Hall–Kier alpha value is -2.63. The number of rotatable bonds is 52. The van der Waals surface area contributed by atoms with Crippen molar-refractivity contribution < 1.29 is 28.6 Å². The van der Waals surface area contributed by atoms with E-state index in [9.17, 15) is 14.4 Å². The number of esters is 3. The van der Waals surface area contributed by atoms with Crippen molar-refractivity contribution in [2.75, 3.05) is 13.2 Å². The molecule has 1 unspecified atom stereocenters. The van der Waals surface area contributed by atoms with Crippen LogP contribution in [0, 0.1) is 0 Å². The zero-order valence-corrected chi connectivity index (χ0v) is 44.0. The Morgan fingerprint density at radius 1 is 0.303 bits per heavy atom. The Kier molecular flexibility index (Phi) is 52.8. The Bertz CT molecular complexity index is 1150. The van der Waals surface area contributed by atoms with E-state index in [2.05, 4.69) is 69.4 Å². The number of allylic oxidation sites excluding steroid dienone is 8. The fourth-order valence-electron chi connectivity index (χ4n) is 8.21. The van der Waals surface area contributed by atoms with Crippen molar-refractivity contribution in [1.82, 2.24) is 0 Å². The van der Waals surface area contributed by atoms with Crippen molar-refractivity contribution in [3.8, 4) is 0 Å². The molecule has 0 saturated carbocycles. The van der Waals surface area contributed by atoms with Gasteiger partial charge in [-0.15, -0.1) is 0 Å². The van der Waals surface area contributed by atoms with Crippen LogP contribution in [-0.2, 0) is 28.6 Å². The lowest BCUT2D eigenvalue weighted by atomic mass is 10.0. The fourth-order valence-corrected chi connectivity index (χ4v) is 8.21. The van der Waals surface area contributed by atoms with Crippen LogP contribution in [0.5, 0.6) is 0 Å². The maximum atomic E-state index is 12.8. The molecule has 0 fully saturated rings. The summed E-state index contributed by atoms with van der Waals surface area (Å²) < 4.78 is 16.8. The first kappa shape index (κ1) is 63.4. The summed E-state index contributed by atoms with van der Waals surface area (Å²) in [6, 6.07) is 0. The van der Waals surface area contributed by atoms with Crippen molar-refractivity contribution >= 4 is 17.9 Å². The monoisotopic (exact) mass is 925 g/mol. The van der Waals surface area contributed by atoms with Crippen LogP contribution in [0.3, 0.4) is 0 Å². The van der Waals surface area contributed by atoms with E-state index in [1.807, 2.05) is 0 Å². The highest BCUT2D eigenvalue weighted by Gasteiger charge is 2.19. The van der Waals surface area contributed by atoms with Gasteiger partial charge in [-0.25, -0.2) is 0 Å². The molecule has 6 heteroatoms. The minimum Gasteiger partial charge on any atom is -0.462 e. The Morgan fingerprint density at radius 2 is 0.545 bits per heavy atom. The number of hydrogen-bond donors (Lipinski definition) is 0. The van der Waals surface area contributed by atoms with E-state index in [1.54, 1.807) is 0 Å². The molecular weight excluding hydrogens is 817 g/mol. The maximum absolute atomic E-state index is 12.8. The van der Waals surface area contributed by atoms with Gasteiger partial charge in [0.15, 0.2) is 6.10 Å². The minimum atomic E-state index is -0.779. The minimum absolute atomic E-state index is 0.0775. The van der Waals surface area contributed by atoms with E-state index in [-0.39, 0.29) is 31.1 Å². The molecule has 0 aliphatic rings. The maximum Gasteiger partial charge on any atom is 0.306 e. The third-order valence-corrected chi connectivity index (χ3v) is 12.6. The van der Waals surface area contributed by atoms with Crippen molar-refractivity contribution in [2.24, 2.45) is 0 Å². The van der Waals surface area contributed by atoms with E-state index in [0.717, 1.165) is 89.9 Å². The zero-order valence-electron chi connectivity index (χ0n) is 44.0. The number of carbonyl (C=O) groups excluding carboxylic acids is 3. The van der Waals surface area contributed by atoms with Crippen molar-refractivity contribution in [2.45, 2.75) is 303 Å². The summed E-state index contributed by atoms with van der Waals surface area (Å²) in [4.78, 5) is 38.1. The van der Waals surface area contributed by atoms with Crippen LogP contribution >= 0.6 is 0 Å². The molecule has 0 radical (unpaired) electrons. The van der Waals surface area contributed by atoms with Crippen LogP contribution < -0.4 is 0 Å². The zero-order chi connectivity index (χ0) is 47.9. The molecule has 6 nitrogen and oxygen atoms in total. The molecular formula is C60H108O6. The van der Waals surface area contributed by atoms with Crippen LogP contribution in [0.15, 0.2) is 48.6 Å². The van der Waals surface area contributed by atoms with Crippen LogP contribution in [0.2, 0.25) is 0 Å². The summed E-state index contributed by atoms with van der Waals surface area (Å²) in [5, 5.41) is 0. The van der Waals surface area contributed by atoms with Gasteiger partial charge in [0.2, 0.25) is 0 Å². The first-order valence-electron chi connectivity index (χ1n) is 28.6. The molecule has 0 aliphatic heterocycles. The molecule has 0 aromatic carbocycles. The lowest BCUT2D eigenvalue weighted by Crippen LogP contribution is -2.30. The summed E-state index contributed by atoms with van der Waals surface area (Å²) in [5.74, 6) is -0.883. The second-order valence-electron chi connectivity index (χ2n) is 19.2. The van der Waals surface area contributed by atoms with Crippen molar-refractivity contribution in [3.05, 3.63) is 48.6 Å². The highest BCUT2D eigenvalue weighted by atomic mass is 16.6. The molecule has 1 atom stereocenters. The quantitative estimate of drug-likeness (QED) is 0.0262. The highest BCUT2D eigenvalue weighted by Crippen LogP contribution is 2.16. The van der Waals surface area contributed by atoms with Crippen LogP contribution in [0.4, 0.5) is 0 Å². The van der Waals surface area contributed by atoms with Crippen LogP contribution in [-0.4, -0.2) is 37.2 Å². The van der Waals surface area contributed by atoms with Gasteiger partial charge in [0.25, 0.3) is 0 Å². The number of carbonyl (C=O) groups is 3. The number of unbranched alkanes of at least 4 members (excludes halogenated alkanes) is 33. The Morgan fingerprint density at radius 3 is 0.864 bits per heavy atom. The molecule has 0 amide bonds. The summed E-state index contributed by atoms with van der Waals surface area (Å²) in [6.45, 7) is 6.61. The van der Waals surface area contributed by atoms with Gasteiger partial charge in [-0.1, -0.05) is 243 Å². The molecule has 0 N–H and O–H groups in total. The van der Waals surface area contributed by atoms with Gasteiger partial charge in [-0.05, 0) is 83.5 Å². The molecule has 0 saturated heterocycles. The molecule has 0 spiro atoms. The van der Waals surface area contributed by atoms with Crippen molar-refractivity contribution in [1.29, 1.82) is 0 Å². The van der Waals surface area contributed by atoms with Gasteiger partial charge in [-0.3, -0.25) is 14.4 Å². The average Bonchev–Trinajstić information content (AvgIpc) is 3.31. The topological polar surface area (TPSA) is 78.9 Å². The Balaban J connectivity index is 4.33. The third-order valence-electron chi connectivity index (χ3n) is 12.6. The summed E-state index contributed by atoms with van der Waals surface area (Å²) >= 11 is 0. The first-order valence-corrected chi connectivity index (χ1v) is 28.6. The SMILES string of the molecule is CCCCC/C=C\C/C=C\CCCCCCCC(=O)OC(COC(=O)CCCCCCCCCCC/C=C\C/C=C\CCCCCCC)COC(=O)CCCCCCCCCCCCCC. The van der Waals surface area contributed by atoms with E-state index < -0.39 is 6.10 Å². The van der Waals surface area contributed by atoms with Gasteiger partial charge in [0.1, 0.15) is 13.2 Å². The van der Waals surface area contributed by atoms with E-state index in [1.165, 1.54) is 167 Å². The highest BCUT2D eigenvalue weighted by molar-refractivity contribution is 5.71. The molecule has 0 aromatic rings. The second kappa shape index (κ2) is 55.0. The molecule has 0 bridgehead atoms. The molecule has 384 valence electrons. The largest absolute Gasteiger partial charge is 0.462 e. The number of ether oxygens (including phenoxy) is 3. The average molecular weight is 926 g/mol. The molecule has 66 heavy (non-hydrogen) atoms. The van der Waals surface area contributed by atoms with E-state index in [4.69, 9.17) is 14.2 Å². The standard InChI is InChI=1S/C60H108O6/c1-4-7-10-13-16-19-22-25-27-28-29-30-31-32-34-35-38-41-44-47-50-53-59(62)65-56-57(55-64-58(61)52-49-46-43-40-37-24-21-18-15-12-9-6-3)66-60(63)54-51-48-45-42-39-36-33-26-23-20-17-14-11-8-5-2/h17,20,22,25-26,28-29,33,57H,4-16,18-19,21,23-24,27,30-32,34-56H2,1-3H3/b20-17-,25-22-,29-28-,33-26-. The van der Waals surface area contributed by atoms with E-state index in [0.29, 0.717) is 19.3 Å². The number of hydrogen-bond acceptors (Lipinski definition) is 6. The van der Waals surface area contributed by atoms with Gasteiger partial charge >= 0.3 is 17.9 Å².